The molecule has 1 atom stereocenters. The van der Waals surface area contributed by atoms with Crippen molar-refractivity contribution in [3.8, 4) is 17.6 Å². The topological polar surface area (TPSA) is 79.2 Å². The van der Waals surface area contributed by atoms with E-state index in [9.17, 15) is 28.0 Å². The van der Waals surface area contributed by atoms with Crippen LogP contribution in [0, 0.1) is 17.2 Å². The van der Waals surface area contributed by atoms with Crippen molar-refractivity contribution < 1.29 is 27.5 Å². The average Bonchev–Trinajstić information content (AvgIpc) is 2.77. The zero-order valence-electron chi connectivity index (χ0n) is 16.5. The van der Waals surface area contributed by atoms with E-state index < -0.39 is 29.3 Å². The summed E-state index contributed by atoms with van der Waals surface area (Å²) < 4.78 is 43.7. The van der Waals surface area contributed by atoms with Crippen molar-refractivity contribution in [2.24, 2.45) is 5.92 Å². The standard InChI is InChI=1S/C23H13Cl2F3N2O3/c24-15-5-8-17(9-6-15)33-20-10-7-16(11-19(20)25)30-22(32)18(12-29)21(31)13-1-3-14(4-2-13)23(26,27)28/h1-11,18H,(H,30,32). The zero-order valence-corrected chi connectivity index (χ0v) is 18.0. The Kier molecular flexibility index (Phi) is 7.26. The smallest absolute Gasteiger partial charge is 0.416 e. The molecule has 0 fully saturated rings. The molecule has 1 N–H and O–H groups in total. The van der Waals surface area contributed by atoms with Crippen molar-refractivity contribution >= 4 is 40.6 Å². The number of anilines is 1. The van der Waals surface area contributed by atoms with E-state index in [-0.39, 0.29) is 22.0 Å². The second kappa shape index (κ2) is 9.94. The predicted molar refractivity (Wildman–Crippen MR) is 116 cm³/mol. The molecule has 10 heteroatoms. The minimum absolute atomic E-state index is 0.144. The molecule has 1 amide bonds. The fraction of sp³-hybridized carbons (Fsp3) is 0.0870. The summed E-state index contributed by atoms with van der Waals surface area (Å²) in [6.45, 7) is 0. The maximum atomic E-state index is 12.7. The quantitative estimate of drug-likeness (QED) is 0.304. The van der Waals surface area contributed by atoms with Crippen LogP contribution in [0.2, 0.25) is 10.0 Å². The van der Waals surface area contributed by atoms with Crippen LogP contribution in [-0.2, 0) is 11.0 Å². The lowest BCUT2D eigenvalue weighted by molar-refractivity contribution is -0.137. The van der Waals surface area contributed by atoms with Gasteiger partial charge in [-0.15, -0.1) is 0 Å². The van der Waals surface area contributed by atoms with E-state index in [0.717, 1.165) is 12.1 Å². The summed E-state index contributed by atoms with van der Waals surface area (Å²) in [5.74, 6) is -2.90. The first-order valence-corrected chi connectivity index (χ1v) is 9.99. The van der Waals surface area contributed by atoms with Gasteiger partial charge >= 0.3 is 6.18 Å². The molecule has 0 aliphatic heterocycles. The molecule has 168 valence electrons. The molecule has 3 aromatic carbocycles. The Hall–Kier alpha value is -3.54. The number of ketones is 1. The molecule has 0 saturated carbocycles. The van der Waals surface area contributed by atoms with Crippen LogP contribution < -0.4 is 10.1 Å². The fourth-order valence-corrected chi connectivity index (χ4v) is 3.08. The summed E-state index contributed by atoms with van der Waals surface area (Å²) in [6.07, 6.45) is -4.57. The van der Waals surface area contributed by atoms with Crippen molar-refractivity contribution in [3.63, 3.8) is 0 Å². The molecule has 3 aromatic rings. The van der Waals surface area contributed by atoms with Gasteiger partial charge < -0.3 is 10.1 Å². The summed E-state index contributed by atoms with van der Waals surface area (Å²) in [7, 11) is 0. The molecule has 0 aliphatic carbocycles. The lowest BCUT2D eigenvalue weighted by atomic mass is 9.97. The minimum atomic E-state index is -4.57. The largest absolute Gasteiger partial charge is 0.456 e. The second-order valence-electron chi connectivity index (χ2n) is 6.69. The Bertz CT molecular complexity index is 1220. The van der Waals surface area contributed by atoms with Gasteiger partial charge in [0.15, 0.2) is 11.7 Å². The number of nitriles is 1. The lowest BCUT2D eigenvalue weighted by Gasteiger charge is -2.12. The average molecular weight is 493 g/mol. The molecule has 0 saturated heterocycles. The van der Waals surface area contributed by atoms with E-state index in [0.29, 0.717) is 22.9 Å². The van der Waals surface area contributed by atoms with E-state index in [1.165, 1.54) is 18.2 Å². The van der Waals surface area contributed by atoms with Gasteiger partial charge in [-0.1, -0.05) is 35.3 Å². The van der Waals surface area contributed by atoms with E-state index >= 15 is 0 Å². The van der Waals surface area contributed by atoms with Gasteiger partial charge in [0.05, 0.1) is 16.7 Å². The molecular formula is C23H13Cl2F3N2O3. The van der Waals surface area contributed by atoms with Crippen LogP contribution in [0.25, 0.3) is 0 Å². The van der Waals surface area contributed by atoms with Gasteiger partial charge in [-0.25, -0.2) is 0 Å². The number of halogens is 5. The Morgan fingerprint density at radius 3 is 2.15 bits per heavy atom. The maximum absolute atomic E-state index is 12.7. The molecule has 5 nitrogen and oxygen atoms in total. The molecule has 0 aliphatic rings. The second-order valence-corrected chi connectivity index (χ2v) is 7.54. The highest BCUT2D eigenvalue weighted by atomic mass is 35.5. The molecule has 0 heterocycles. The Labute approximate surface area is 196 Å². The molecule has 0 bridgehead atoms. The molecule has 33 heavy (non-hydrogen) atoms. The minimum Gasteiger partial charge on any atom is -0.456 e. The highest BCUT2D eigenvalue weighted by Gasteiger charge is 2.32. The van der Waals surface area contributed by atoms with Crippen molar-refractivity contribution in [1.82, 2.24) is 0 Å². The van der Waals surface area contributed by atoms with Crippen molar-refractivity contribution in [2.45, 2.75) is 6.18 Å². The van der Waals surface area contributed by atoms with Crippen molar-refractivity contribution in [1.29, 1.82) is 5.26 Å². The molecule has 3 rings (SSSR count). The number of ether oxygens (including phenoxy) is 1. The predicted octanol–water partition coefficient (Wildman–Crippen LogP) is 6.77. The third kappa shape index (κ3) is 6.04. The Morgan fingerprint density at radius 2 is 1.61 bits per heavy atom. The third-order valence-corrected chi connectivity index (χ3v) is 4.94. The molecule has 1 unspecified atom stereocenters. The SMILES string of the molecule is N#CC(C(=O)Nc1ccc(Oc2ccc(Cl)cc2)c(Cl)c1)C(=O)c1ccc(C(F)(F)F)cc1. The number of alkyl halides is 3. The van der Waals surface area contributed by atoms with Crippen LogP contribution in [0.15, 0.2) is 66.7 Å². The van der Waals surface area contributed by atoms with Crippen LogP contribution in [0.4, 0.5) is 18.9 Å². The number of rotatable bonds is 6. The van der Waals surface area contributed by atoms with E-state index in [1.807, 2.05) is 0 Å². The normalized spacial score (nSPS) is 11.9. The van der Waals surface area contributed by atoms with Crippen LogP contribution in [0.3, 0.4) is 0 Å². The number of Topliss-reactive ketones (excluding diaryl/α,β-unsaturated/α-hetero) is 1. The summed E-state index contributed by atoms with van der Waals surface area (Å²) in [6, 6.07) is 15.7. The molecule has 0 radical (unpaired) electrons. The summed E-state index contributed by atoms with van der Waals surface area (Å²) in [5, 5.41) is 12.4. The van der Waals surface area contributed by atoms with Gasteiger partial charge in [0.2, 0.25) is 5.91 Å². The molecule has 0 spiro atoms. The van der Waals surface area contributed by atoms with Gasteiger partial charge in [0, 0.05) is 16.3 Å². The van der Waals surface area contributed by atoms with Crippen LogP contribution in [0.5, 0.6) is 11.5 Å². The number of hydrogen-bond donors (Lipinski definition) is 1. The van der Waals surface area contributed by atoms with Crippen molar-refractivity contribution in [3.05, 3.63) is 87.9 Å². The number of carbonyl (C=O) groups excluding carboxylic acids is 2. The highest BCUT2D eigenvalue weighted by molar-refractivity contribution is 6.32. The molecular weight excluding hydrogens is 480 g/mol. The first-order valence-electron chi connectivity index (χ1n) is 9.23. The van der Waals surface area contributed by atoms with Crippen LogP contribution in [-0.4, -0.2) is 11.7 Å². The van der Waals surface area contributed by atoms with Gasteiger partial charge in [0.25, 0.3) is 0 Å². The van der Waals surface area contributed by atoms with E-state index in [1.54, 1.807) is 30.3 Å². The molecule has 0 aromatic heterocycles. The first-order chi connectivity index (χ1) is 15.6. The number of amides is 1. The van der Waals surface area contributed by atoms with Gasteiger partial charge in [-0.3, -0.25) is 9.59 Å². The summed E-state index contributed by atoms with van der Waals surface area (Å²) >= 11 is 12.0. The van der Waals surface area contributed by atoms with Gasteiger partial charge in [-0.05, 0) is 54.6 Å². The Balaban J connectivity index is 1.71. The van der Waals surface area contributed by atoms with E-state index in [2.05, 4.69) is 5.32 Å². The van der Waals surface area contributed by atoms with Crippen molar-refractivity contribution in [2.75, 3.05) is 5.32 Å². The Morgan fingerprint density at radius 1 is 0.970 bits per heavy atom. The highest BCUT2D eigenvalue weighted by Crippen LogP contribution is 2.32. The number of nitrogens with one attached hydrogen (secondary N) is 1. The number of hydrogen-bond acceptors (Lipinski definition) is 4. The first kappa shape index (κ1) is 24.1. The summed E-state index contributed by atoms with van der Waals surface area (Å²) in [4.78, 5) is 25.0. The summed E-state index contributed by atoms with van der Waals surface area (Å²) in [5.41, 5.74) is -0.962. The maximum Gasteiger partial charge on any atom is 0.416 e. The zero-order chi connectivity index (χ0) is 24.2. The lowest BCUT2D eigenvalue weighted by Crippen LogP contribution is -2.28. The van der Waals surface area contributed by atoms with Gasteiger partial charge in [0.1, 0.15) is 11.5 Å². The number of carbonyl (C=O) groups is 2. The monoisotopic (exact) mass is 492 g/mol. The van der Waals surface area contributed by atoms with Gasteiger partial charge in [-0.2, -0.15) is 18.4 Å². The third-order valence-electron chi connectivity index (χ3n) is 4.39. The van der Waals surface area contributed by atoms with Crippen LogP contribution >= 0.6 is 23.2 Å². The van der Waals surface area contributed by atoms with Crippen LogP contribution in [0.1, 0.15) is 15.9 Å². The van der Waals surface area contributed by atoms with E-state index in [4.69, 9.17) is 27.9 Å². The fourth-order valence-electron chi connectivity index (χ4n) is 2.73. The number of benzene rings is 3. The number of nitrogens with zero attached hydrogens (tertiary/aromatic N) is 1.